The maximum absolute atomic E-state index is 11.4. The van der Waals surface area contributed by atoms with Gasteiger partial charge in [0.1, 0.15) is 5.52 Å². The second-order valence-corrected chi connectivity index (χ2v) is 4.87. The Kier molecular flexibility index (Phi) is 2.63. The highest BCUT2D eigenvalue weighted by molar-refractivity contribution is 7.98. The van der Waals surface area contributed by atoms with Crippen molar-refractivity contribution in [3.8, 4) is 0 Å². The van der Waals surface area contributed by atoms with Gasteiger partial charge in [-0.1, -0.05) is 17.8 Å². The van der Waals surface area contributed by atoms with E-state index >= 15 is 0 Å². The molecule has 96 valence electrons. The minimum Gasteiger partial charge on any atom is -0.364 e. The summed E-state index contributed by atoms with van der Waals surface area (Å²) in [6.07, 6.45) is 3.68. The van der Waals surface area contributed by atoms with E-state index in [2.05, 4.69) is 15.1 Å². The second kappa shape index (κ2) is 4.20. The molecule has 3 rings (SSSR count). The lowest BCUT2D eigenvalue weighted by atomic mass is 10.1. The van der Waals surface area contributed by atoms with Gasteiger partial charge in [0, 0.05) is 24.0 Å². The minimum absolute atomic E-state index is 0.267. The molecular formula is C12H11N5OS. The molecule has 2 aromatic heterocycles. The largest absolute Gasteiger partial charge is 0.364 e. The molecule has 0 aliphatic carbocycles. The molecule has 2 N–H and O–H groups in total. The number of hydrogen-bond donors (Lipinski definition) is 1. The molecule has 0 aliphatic heterocycles. The summed E-state index contributed by atoms with van der Waals surface area (Å²) in [4.78, 5) is 20.1. The van der Waals surface area contributed by atoms with Crippen molar-refractivity contribution >= 4 is 39.5 Å². The number of amides is 1. The highest BCUT2D eigenvalue weighted by Crippen LogP contribution is 2.26. The van der Waals surface area contributed by atoms with Crippen LogP contribution in [0.1, 0.15) is 10.5 Å². The number of carbonyl (C=O) groups excluding carboxylic acids is 1. The van der Waals surface area contributed by atoms with Crippen molar-refractivity contribution in [2.24, 2.45) is 12.8 Å². The lowest BCUT2D eigenvalue weighted by Crippen LogP contribution is -2.12. The summed E-state index contributed by atoms with van der Waals surface area (Å²) >= 11 is 1.47. The van der Waals surface area contributed by atoms with Crippen LogP contribution in [0.25, 0.3) is 21.8 Å². The Balaban J connectivity index is 2.48. The van der Waals surface area contributed by atoms with Crippen LogP contribution in [0.3, 0.4) is 0 Å². The van der Waals surface area contributed by atoms with Crippen LogP contribution in [0, 0.1) is 0 Å². The van der Waals surface area contributed by atoms with Crippen LogP contribution in [-0.4, -0.2) is 31.9 Å². The second-order valence-electron chi connectivity index (χ2n) is 4.09. The number of aryl methyl sites for hydroxylation is 1. The van der Waals surface area contributed by atoms with Crippen molar-refractivity contribution in [2.45, 2.75) is 5.16 Å². The number of carbonyl (C=O) groups is 1. The first-order valence-electron chi connectivity index (χ1n) is 5.58. The molecule has 0 atom stereocenters. The number of fused-ring (bicyclic) bond motifs is 3. The Labute approximate surface area is 113 Å². The van der Waals surface area contributed by atoms with E-state index in [0.29, 0.717) is 10.5 Å². The molecule has 2 heterocycles. The van der Waals surface area contributed by atoms with E-state index in [0.717, 1.165) is 16.4 Å². The van der Waals surface area contributed by atoms with E-state index in [1.807, 2.05) is 18.4 Å². The molecule has 19 heavy (non-hydrogen) atoms. The zero-order chi connectivity index (χ0) is 13.6. The molecule has 7 heteroatoms. The lowest BCUT2D eigenvalue weighted by Gasteiger charge is -2.02. The molecule has 6 nitrogen and oxygen atoms in total. The van der Waals surface area contributed by atoms with Gasteiger partial charge >= 0.3 is 0 Å². The van der Waals surface area contributed by atoms with Crippen LogP contribution in [0.5, 0.6) is 0 Å². The Hall–Kier alpha value is -2.15. The number of thioether (sulfide) groups is 1. The van der Waals surface area contributed by atoms with Gasteiger partial charge in [0.25, 0.3) is 5.91 Å². The third-order valence-electron chi connectivity index (χ3n) is 2.95. The molecule has 1 aromatic carbocycles. The standard InChI is InChI=1S/C12H11N5OS/c1-17-10-7(9(16-17)11(13)18)4-3-6-5-14-12(19-2)15-8(6)10/h3-5H,1-2H3,(H2,13,18). The number of hydrogen-bond acceptors (Lipinski definition) is 5. The number of rotatable bonds is 2. The monoisotopic (exact) mass is 273 g/mol. The Morgan fingerprint density at radius 3 is 2.89 bits per heavy atom. The van der Waals surface area contributed by atoms with Crippen LogP contribution >= 0.6 is 11.8 Å². The molecule has 0 bridgehead atoms. The summed E-state index contributed by atoms with van der Waals surface area (Å²) in [7, 11) is 1.77. The van der Waals surface area contributed by atoms with Gasteiger partial charge < -0.3 is 5.73 Å². The van der Waals surface area contributed by atoms with Crippen molar-refractivity contribution in [2.75, 3.05) is 6.26 Å². The van der Waals surface area contributed by atoms with E-state index in [9.17, 15) is 4.79 Å². The van der Waals surface area contributed by atoms with Crippen LogP contribution in [-0.2, 0) is 7.05 Å². The lowest BCUT2D eigenvalue weighted by molar-refractivity contribution is 0.0996. The zero-order valence-corrected chi connectivity index (χ0v) is 11.2. The van der Waals surface area contributed by atoms with Crippen molar-refractivity contribution in [1.82, 2.24) is 19.7 Å². The topological polar surface area (TPSA) is 86.7 Å². The van der Waals surface area contributed by atoms with Crippen molar-refractivity contribution in [3.63, 3.8) is 0 Å². The Morgan fingerprint density at radius 2 is 2.21 bits per heavy atom. The minimum atomic E-state index is -0.538. The van der Waals surface area contributed by atoms with Gasteiger partial charge in [0.15, 0.2) is 10.9 Å². The van der Waals surface area contributed by atoms with E-state index in [1.54, 1.807) is 17.9 Å². The number of aromatic nitrogens is 4. The maximum atomic E-state index is 11.4. The summed E-state index contributed by atoms with van der Waals surface area (Å²) in [5.74, 6) is -0.538. The average molecular weight is 273 g/mol. The smallest absolute Gasteiger partial charge is 0.269 e. The highest BCUT2D eigenvalue weighted by atomic mass is 32.2. The molecule has 0 saturated heterocycles. The zero-order valence-electron chi connectivity index (χ0n) is 10.4. The molecule has 0 radical (unpaired) electrons. The molecule has 3 aromatic rings. The first kappa shape index (κ1) is 11.9. The molecule has 0 unspecified atom stereocenters. The van der Waals surface area contributed by atoms with Gasteiger partial charge in [-0.3, -0.25) is 9.48 Å². The summed E-state index contributed by atoms with van der Waals surface area (Å²) in [5.41, 5.74) is 7.18. The molecule has 0 saturated carbocycles. The molecular weight excluding hydrogens is 262 g/mol. The number of nitrogens with zero attached hydrogens (tertiary/aromatic N) is 4. The van der Waals surface area contributed by atoms with Crippen molar-refractivity contribution < 1.29 is 4.79 Å². The van der Waals surface area contributed by atoms with E-state index in [4.69, 9.17) is 5.73 Å². The number of benzene rings is 1. The van der Waals surface area contributed by atoms with Crippen LogP contribution in [0.2, 0.25) is 0 Å². The van der Waals surface area contributed by atoms with E-state index < -0.39 is 5.91 Å². The SMILES string of the molecule is CSc1ncc2ccc3c(C(N)=O)nn(C)c3c2n1. The van der Waals surface area contributed by atoms with Gasteiger partial charge in [0.2, 0.25) is 0 Å². The van der Waals surface area contributed by atoms with Gasteiger partial charge in [-0.2, -0.15) is 5.10 Å². The fourth-order valence-corrected chi connectivity index (χ4v) is 2.46. The first-order chi connectivity index (χ1) is 9.11. The first-order valence-corrected chi connectivity index (χ1v) is 6.80. The highest BCUT2D eigenvalue weighted by Gasteiger charge is 2.16. The summed E-state index contributed by atoms with van der Waals surface area (Å²) in [6.45, 7) is 0. The van der Waals surface area contributed by atoms with E-state index in [-0.39, 0.29) is 5.69 Å². The van der Waals surface area contributed by atoms with E-state index in [1.165, 1.54) is 11.8 Å². The van der Waals surface area contributed by atoms with Gasteiger partial charge in [-0.05, 0) is 12.3 Å². The molecule has 0 aliphatic rings. The quantitative estimate of drug-likeness (QED) is 0.562. The van der Waals surface area contributed by atoms with Crippen LogP contribution in [0.4, 0.5) is 0 Å². The number of primary amides is 1. The van der Waals surface area contributed by atoms with Crippen LogP contribution in [0.15, 0.2) is 23.5 Å². The number of nitrogens with two attached hydrogens (primary N) is 1. The molecule has 1 amide bonds. The maximum Gasteiger partial charge on any atom is 0.269 e. The predicted molar refractivity (Wildman–Crippen MR) is 74.1 cm³/mol. The molecule has 0 fully saturated rings. The molecule has 0 spiro atoms. The third kappa shape index (κ3) is 1.74. The average Bonchev–Trinajstić information content (AvgIpc) is 2.76. The third-order valence-corrected chi connectivity index (χ3v) is 3.51. The Bertz CT molecular complexity index is 811. The van der Waals surface area contributed by atoms with Crippen molar-refractivity contribution in [3.05, 3.63) is 24.0 Å². The fraction of sp³-hybridized carbons (Fsp3) is 0.167. The normalized spacial score (nSPS) is 11.3. The van der Waals surface area contributed by atoms with Gasteiger partial charge in [0.05, 0.1) is 5.52 Å². The Morgan fingerprint density at radius 1 is 1.42 bits per heavy atom. The summed E-state index contributed by atoms with van der Waals surface area (Å²) in [6, 6.07) is 3.70. The van der Waals surface area contributed by atoms with Gasteiger partial charge in [-0.25, -0.2) is 9.97 Å². The summed E-state index contributed by atoms with van der Waals surface area (Å²) in [5, 5.41) is 6.47. The predicted octanol–water partition coefficient (Wildman–Crippen LogP) is 1.34. The van der Waals surface area contributed by atoms with Gasteiger partial charge in [-0.15, -0.1) is 0 Å². The fourth-order valence-electron chi connectivity index (χ4n) is 2.12. The summed E-state index contributed by atoms with van der Waals surface area (Å²) < 4.78 is 1.63. The van der Waals surface area contributed by atoms with Crippen LogP contribution < -0.4 is 5.73 Å². The van der Waals surface area contributed by atoms with Crippen molar-refractivity contribution in [1.29, 1.82) is 0 Å².